The molecule has 0 atom stereocenters. The van der Waals surface area contributed by atoms with E-state index in [9.17, 15) is 21.6 Å². The van der Waals surface area contributed by atoms with E-state index in [1.165, 1.54) is 52.4 Å². The fourth-order valence-electron chi connectivity index (χ4n) is 2.70. The summed E-state index contributed by atoms with van der Waals surface area (Å²) in [6.45, 7) is 0. The Balaban J connectivity index is 1.57. The van der Waals surface area contributed by atoms with Crippen LogP contribution in [0, 0.1) is 0 Å². The molecule has 1 aromatic carbocycles. The number of nitrogens with zero attached hydrogens (tertiary/aromatic N) is 5. The molecule has 0 amide bonds. The quantitative estimate of drug-likeness (QED) is 0.546. The zero-order chi connectivity index (χ0) is 20.8. The maximum atomic E-state index is 12.7. The van der Waals surface area contributed by atoms with E-state index in [1.54, 1.807) is 7.05 Å². The van der Waals surface area contributed by atoms with Crippen LogP contribution in [0.4, 0.5) is 18.9 Å². The Labute approximate surface area is 162 Å². The first-order valence-corrected chi connectivity index (χ1v) is 9.65. The van der Waals surface area contributed by atoms with Crippen LogP contribution in [-0.2, 0) is 23.2 Å². The molecule has 0 bridgehead atoms. The minimum absolute atomic E-state index is 0.0553. The molecule has 0 fully saturated rings. The van der Waals surface area contributed by atoms with Gasteiger partial charge in [0.15, 0.2) is 5.65 Å². The van der Waals surface area contributed by atoms with Gasteiger partial charge in [0.2, 0.25) is 0 Å². The summed E-state index contributed by atoms with van der Waals surface area (Å²) in [5.74, 6) is 0. The zero-order valence-corrected chi connectivity index (χ0v) is 15.6. The van der Waals surface area contributed by atoms with Crippen molar-refractivity contribution in [2.75, 3.05) is 4.72 Å². The Morgan fingerprint density at radius 2 is 1.76 bits per heavy atom. The van der Waals surface area contributed by atoms with Crippen LogP contribution in [0.2, 0.25) is 0 Å². The molecule has 3 heterocycles. The standard InChI is InChI=1S/C17H13F3N6O2S/c1-25-16-11(7-22-25)6-15(9-21-16)29(27,28)24-13-8-23-26(10-13)14-4-2-12(3-5-14)17(18,19)20/h2-10,24H,1H3. The largest absolute Gasteiger partial charge is 0.416 e. The number of pyridine rings is 1. The maximum absolute atomic E-state index is 12.7. The second-order valence-corrected chi connectivity index (χ2v) is 7.86. The first kappa shape index (κ1) is 18.9. The van der Waals surface area contributed by atoms with Gasteiger partial charge in [-0.2, -0.15) is 23.4 Å². The molecule has 3 aromatic heterocycles. The van der Waals surface area contributed by atoms with Gasteiger partial charge >= 0.3 is 6.18 Å². The highest BCUT2D eigenvalue weighted by Crippen LogP contribution is 2.29. The average molecular weight is 422 g/mol. The lowest BCUT2D eigenvalue weighted by Gasteiger charge is -2.07. The smallest absolute Gasteiger partial charge is 0.276 e. The number of anilines is 1. The number of aromatic nitrogens is 5. The van der Waals surface area contributed by atoms with Gasteiger partial charge in [-0.1, -0.05) is 0 Å². The number of aryl methyl sites for hydroxylation is 1. The van der Waals surface area contributed by atoms with Crippen LogP contribution < -0.4 is 4.72 Å². The zero-order valence-electron chi connectivity index (χ0n) is 14.8. The fraction of sp³-hybridized carbons (Fsp3) is 0.118. The van der Waals surface area contributed by atoms with Crippen LogP contribution in [-0.4, -0.2) is 33.0 Å². The molecule has 0 radical (unpaired) electrons. The van der Waals surface area contributed by atoms with Crippen molar-refractivity contribution in [3.05, 3.63) is 60.7 Å². The van der Waals surface area contributed by atoms with Crippen molar-refractivity contribution in [1.82, 2.24) is 24.5 Å². The minimum atomic E-state index is -4.44. The average Bonchev–Trinajstić information content (AvgIpc) is 3.27. The summed E-state index contributed by atoms with van der Waals surface area (Å²) in [4.78, 5) is 4.04. The molecule has 0 aliphatic carbocycles. The molecule has 0 aliphatic heterocycles. The topological polar surface area (TPSA) is 94.7 Å². The van der Waals surface area contributed by atoms with Crippen LogP contribution >= 0.6 is 0 Å². The maximum Gasteiger partial charge on any atom is 0.416 e. The summed E-state index contributed by atoms with van der Waals surface area (Å²) in [7, 11) is -2.25. The fourth-order valence-corrected chi connectivity index (χ4v) is 3.71. The van der Waals surface area contributed by atoms with E-state index in [0.717, 1.165) is 12.1 Å². The molecular formula is C17H13F3N6O2S. The van der Waals surface area contributed by atoms with E-state index in [0.29, 0.717) is 16.7 Å². The molecule has 0 aliphatic rings. The molecule has 0 spiro atoms. The predicted molar refractivity (Wildman–Crippen MR) is 97.9 cm³/mol. The summed E-state index contributed by atoms with van der Waals surface area (Å²) >= 11 is 0. The van der Waals surface area contributed by atoms with Gasteiger partial charge in [0, 0.05) is 18.6 Å². The molecular weight excluding hydrogens is 409 g/mol. The Bertz CT molecular complexity index is 1290. The van der Waals surface area contributed by atoms with Gasteiger partial charge in [-0.3, -0.25) is 9.40 Å². The molecule has 4 aromatic rings. The third-order valence-corrected chi connectivity index (χ3v) is 5.50. The monoisotopic (exact) mass is 422 g/mol. The molecule has 8 nitrogen and oxygen atoms in total. The number of sulfonamides is 1. The number of nitrogens with one attached hydrogen (secondary N) is 1. The minimum Gasteiger partial charge on any atom is -0.276 e. The van der Waals surface area contributed by atoms with Crippen molar-refractivity contribution in [2.24, 2.45) is 7.05 Å². The summed E-state index contributed by atoms with van der Waals surface area (Å²) < 4.78 is 68.4. The number of rotatable bonds is 4. The van der Waals surface area contributed by atoms with E-state index >= 15 is 0 Å². The van der Waals surface area contributed by atoms with Crippen molar-refractivity contribution in [3.8, 4) is 5.69 Å². The third-order valence-electron chi connectivity index (χ3n) is 4.15. The second kappa shape index (κ2) is 6.58. The number of alkyl halides is 3. The molecule has 29 heavy (non-hydrogen) atoms. The van der Waals surface area contributed by atoms with E-state index in [-0.39, 0.29) is 10.6 Å². The molecule has 1 N–H and O–H groups in total. The summed E-state index contributed by atoms with van der Waals surface area (Å²) in [6, 6.07) is 5.78. The number of hydrogen-bond donors (Lipinski definition) is 1. The summed E-state index contributed by atoms with van der Waals surface area (Å²) in [5.41, 5.74) is 0.254. The Morgan fingerprint density at radius 3 is 2.45 bits per heavy atom. The number of halogens is 3. The predicted octanol–water partition coefficient (Wildman–Crippen LogP) is 2.97. The van der Waals surface area contributed by atoms with E-state index in [4.69, 9.17) is 0 Å². The van der Waals surface area contributed by atoms with Gasteiger partial charge in [-0.15, -0.1) is 0 Å². The Hall–Kier alpha value is -3.41. The highest BCUT2D eigenvalue weighted by atomic mass is 32.2. The molecule has 150 valence electrons. The Morgan fingerprint density at radius 1 is 1.03 bits per heavy atom. The van der Waals surface area contributed by atoms with Gasteiger partial charge in [-0.05, 0) is 30.3 Å². The second-order valence-electron chi connectivity index (χ2n) is 6.18. The van der Waals surface area contributed by atoms with Crippen LogP contribution in [0.25, 0.3) is 16.7 Å². The van der Waals surface area contributed by atoms with E-state index in [2.05, 4.69) is 19.9 Å². The van der Waals surface area contributed by atoms with Crippen LogP contribution in [0.5, 0.6) is 0 Å². The van der Waals surface area contributed by atoms with Crippen molar-refractivity contribution in [3.63, 3.8) is 0 Å². The van der Waals surface area contributed by atoms with Crippen molar-refractivity contribution in [1.29, 1.82) is 0 Å². The third kappa shape index (κ3) is 3.66. The first-order chi connectivity index (χ1) is 13.6. The van der Waals surface area contributed by atoms with Crippen molar-refractivity contribution in [2.45, 2.75) is 11.1 Å². The molecule has 4 rings (SSSR count). The lowest BCUT2D eigenvalue weighted by atomic mass is 10.2. The van der Waals surface area contributed by atoms with E-state index < -0.39 is 21.8 Å². The van der Waals surface area contributed by atoms with Gasteiger partial charge < -0.3 is 0 Å². The van der Waals surface area contributed by atoms with Crippen molar-refractivity contribution >= 4 is 26.7 Å². The van der Waals surface area contributed by atoms with Crippen LogP contribution in [0.3, 0.4) is 0 Å². The van der Waals surface area contributed by atoms with Crippen LogP contribution in [0.15, 0.2) is 60.0 Å². The molecule has 0 unspecified atom stereocenters. The molecule has 0 saturated heterocycles. The van der Waals surface area contributed by atoms with Crippen LogP contribution in [0.1, 0.15) is 5.56 Å². The number of fused-ring (bicyclic) bond motifs is 1. The lowest BCUT2D eigenvalue weighted by Crippen LogP contribution is -2.13. The summed E-state index contributed by atoms with van der Waals surface area (Å²) in [6.07, 6.45) is 0.894. The van der Waals surface area contributed by atoms with Crippen molar-refractivity contribution < 1.29 is 21.6 Å². The SMILES string of the molecule is Cn1ncc2cc(S(=O)(=O)Nc3cnn(-c4ccc(C(F)(F)F)cc4)c3)cnc21. The number of hydrogen-bond acceptors (Lipinski definition) is 5. The molecule has 0 saturated carbocycles. The van der Waals surface area contributed by atoms with Gasteiger partial charge in [0.1, 0.15) is 4.90 Å². The summed E-state index contributed by atoms with van der Waals surface area (Å²) in [5, 5.41) is 8.57. The number of benzene rings is 1. The Kier molecular flexibility index (Phi) is 4.30. The lowest BCUT2D eigenvalue weighted by molar-refractivity contribution is -0.137. The highest BCUT2D eigenvalue weighted by Gasteiger charge is 2.30. The highest BCUT2D eigenvalue weighted by molar-refractivity contribution is 7.92. The molecule has 12 heteroatoms. The first-order valence-electron chi connectivity index (χ1n) is 8.16. The van der Waals surface area contributed by atoms with Gasteiger partial charge in [0.25, 0.3) is 10.0 Å². The van der Waals surface area contributed by atoms with E-state index in [1.807, 2.05) is 0 Å². The van der Waals surface area contributed by atoms with Gasteiger partial charge in [-0.25, -0.2) is 18.1 Å². The normalized spacial score (nSPS) is 12.4. The van der Waals surface area contributed by atoms with Gasteiger partial charge in [0.05, 0.1) is 35.5 Å².